The standard InChI is InChI=1S/C11H11N3O.C6H6/c1-4-8-9(11(2,3)15)13-14-7-5-6-12-10(8)14;1-2-4-6-5-3-1/h1,5-7,15H,2-3H3;1-6H. The molecule has 0 saturated heterocycles. The molecule has 1 N–H and O–H groups in total. The Labute approximate surface area is 124 Å². The van der Waals surface area contributed by atoms with Crippen LogP contribution in [0.3, 0.4) is 0 Å². The maximum atomic E-state index is 9.90. The first-order valence-electron chi connectivity index (χ1n) is 6.57. The number of nitrogens with zero attached hydrogens (tertiary/aromatic N) is 3. The molecule has 0 aliphatic carbocycles. The average Bonchev–Trinajstić information content (AvgIpc) is 2.88. The number of terminal acetylenes is 1. The molecule has 0 spiro atoms. The third-order valence-electron chi connectivity index (χ3n) is 2.79. The van der Waals surface area contributed by atoms with Gasteiger partial charge in [-0.05, 0) is 19.9 Å². The largest absolute Gasteiger partial charge is 0.384 e. The second kappa shape index (κ2) is 6.21. The minimum absolute atomic E-state index is 0.476. The Kier molecular flexibility index (Phi) is 4.36. The number of hydrogen-bond donors (Lipinski definition) is 1. The summed E-state index contributed by atoms with van der Waals surface area (Å²) in [6.07, 6.45) is 8.80. The fraction of sp³-hybridized carbons (Fsp3) is 0.176. The average molecular weight is 279 g/mol. The number of aliphatic hydroxyl groups is 1. The van der Waals surface area contributed by atoms with E-state index >= 15 is 0 Å². The number of rotatable bonds is 1. The van der Waals surface area contributed by atoms with E-state index in [9.17, 15) is 5.11 Å². The van der Waals surface area contributed by atoms with E-state index in [1.807, 2.05) is 36.4 Å². The molecule has 0 fully saturated rings. The van der Waals surface area contributed by atoms with E-state index in [0.29, 0.717) is 16.9 Å². The van der Waals surface area contributed by atoms with Gasteiger partial charge < -0.3 is 5.11 Å². The Morgan fingerprint density at radius 1 is 1.10 bits per heavy atom. The summed E-state index contributed by atoms with van der Waals surface area (Å²) >= 11 is 0. The molecule has 2 aromatic heterocycles. The zero-order valence-corrected chi connectivity index (χ0v) is 12.1. The van der Waals surface area contributed by atoms with Crippen LogP contribution < -0.4 is 0 Å². The topological polar surface area (TPSA) is 50.4 Å². The summed E-state index contributed by atoms with van der Waals surface area (Å²) in [5.41, 5.74) is 0.555. The minimum Gasteiger partial charge on any atom is -0.384 e. The van der Waals surface area contributed by atoms with E-state index in [0.717, 1.165) is 0 Å². The van der Waals surface area contributed by atoms with Crippen LogP contribution in [0, 0.1) is 12.3 Å². The van der Waals surface area contributed by atoms with E-state index in [1.54, 1.807) is 36.8 Å². The summed E-state index contributed by atoms with van der Waals surface area (Å²) in [6.45, 7) is 3.30. The van der Waals surface area contributed by atoms with Crippen LogP contribution in [0.1, 0.15) is 25.1 Å². The SMILES string of the molecule is C#Cc1c(C(C)(C)O)nn2cccnc12.c1ccccc1. The van der Waals surface area contributed by atoms with Gasteiger partial charge in [-0.1, -0.05) is 42.3 Å². The highest BCUT2D eigenvalue weighted by Gasteiger charge is 2.25. The molecule has 4 heteroatoms. The van der Waals surface area contributed by atoms with E-state index in [1.165, 1.54) is 0 Å². The van der Waals surface area contributed by atoms with Crippen molar-refractivity contribution in [2.24, 2.45) is 0 Å². The van der Waals surface area contributed by atoms with Gasteiger partial charge in [0.15, 0.2) is 5.65 Å². The smallest absolute Gasteiger partial charge is 0.171 e. The monoisotopic (exact) mass is 279 g/mol. The first-order valence-corrected chi connectivity index (χ1v) is 6.57. The maximum Gasteiger partial charge on any atom is 0.171 e. The van der Waals surface area contributed by atoms with Crippen molar-refractivity contribution in [1.82, 2.24) is 14.6 Å². The molecule has 1 aromatic carbocycles. The molecule has 3 aromatic rings. The predicted molar refractivity (Wildman–Crippen MR) is 82.6 cm³/mol. The van der Waals surface area contributed by atoms with Crippen LogP contribution in [0.25, 0.3) is 5.65 Å². The summed E-state index contributed by atoms with van der Waals surface area (Å²) < 4.78 is 1.57. The number of fused-ring (bicyclic) bond motifs is 1. The molecule has 0 aliphatic heterocycles. The Morgan fingerprint density at radius 2 is 1.67 bits per heavy atom. The van der Waals surface area contributed by atoms with Crippen LogP contribution in [0.4, 0.5) is 0 Å². The predicted octanol–water partition coefficient (Wildman–Crippen LogP) is 2.62. The van der Waals surface area contributed by atoms with Gasteiger partial charge in [0.2, 0.25) is 0 Å². The summed E-state index contributed by atoms with van der Waals surface area (Å²) in [4.78, 5) is 4.13. The van der Waals surface area contributed by atoms with E-state index in [-0.39, 0.29) is 0 Å². The van der Waals surface area contributed by atoms with Gasteiger partial charge in [0, 0.05) is 12.4 Å². The molecule has 0 aliphatic rings. The lowest BCUT2D eigenvalue weighted by molar-refractivity contribution is 0.0733. The van der Waals surface area contributed by atoms with Gasteiger partial charge in [-0.3, -0.25) is 0 Å². The Hall–Kier alpha value is -2.64. The van der Waals surface area contributed by atoms with Gasteiger partial charge in [-0.15, -0.1) is 6.42 Å². The fourth-order valence-corrected chi connectivity index (χ4v) is 1.83. The quantitative estimate of drug-likeness (QED) is 0.697. The fourth-order valence-electron chi connectivity index (χ4n) is 1.83. The van der Waals surface area contributed by atoms with E-state index in [4.69, 9.17) is 6.42 Å². The zero-order valence-electron chi connectivity index (χ0n) is 12.1. The third kappa shape index (κ3) is 3.47. The second-order valence-electron chi connectivity index (χ2n) is 4.97. The molecule has 21 heavy (non-hydrogen) atoms. The van der Waals surface area contributed by atoms with Crippen molar-refractivity contribution in [1.29, 1.82) is 0 Å². The summed E-state index contributed by atoms with van der Waals surface area (Å²) in [5, 5.41) is 14.1. The summed E-state index contributed by atoms with van der Waals surface area (Å²) in [5.74, 6) is 2.52. The lowest BCUT2D eigenvalue weighted by Gasteiger charge is -2.13. The molecule has 0 atom stereocenters. The highest BCUT2D eigenvalue weighted by atomic mass is 16.3. The molecule has 3 rings (SSSR count). The van der Waals surface area contributed by atoms with E-state index in [2.05, 4.69) is 16.0 Å². The van der Waals surface area contributed by atoms with Crippen molar-refractivity contribution in [3.05, 3.63) is 66.1 Å². The van der Waals surface area contributed by atoms with Gasteiger partial charge in [0.1, 0.15) is 11.3 Å². The Balaban J connectivity index is 0.000000225. The van der Waals surface area contributed by atoms with Crippen LogP contribution in [0.5, 0.6) is 0 Å². The van der Waals surface area contributed by atoms with E-state index < -0.39 is 5.60 Å². The van der Waals surface area contributed by atoms with Crippen LogP contribution in [0.2, 0.25) is 0 Å². The Morgan fingerprint density at radius 3 is 2.14 bits per heavy atom. The maximum absolute atomic E-state index is 9.90. The molecule has 0 amide bonds. The molecular weight excluding hydrogens is 262 g/mol. The van der Waals surface area contributed by atoms with Crippen LogP contribution in [0.15, 0.2) is 54.9 Å². The summed E-state index contributed by atoms with van der Waals surface area (Å²) in [7, 11) is 0. The van der Waals surface area contributed by atoms with Crippen molar-refractivity contribution in [2.75, 3.05) is 0 Å². The van der Waals surface area contributed by atoms with Crippen LogP contribution in [-0.4, -0.2) is 19.7 Å². The highest BCUT2D eigenvalue weighted by Crippen LogP contribution is 2.23. The number of hydrogen-bond acceptors (Lipinski definition) is 3. The second-order valence-corrected chi connectivity index (χ2v) is 4.97. The summed E-state index contributed by atoms with van der Waals surface area (Å²) in [6, 6.07) is 13.8. The van der Waals surface area contributed by atoms with Crippen molar-refractivity contribution >= 4 is 5.65 Å². The van der Waals surface area contributed by atoms with Crippen molar-refractivity contribution in [3.8, 4) is 12.3 Å². The normalized spacial score (nSPS) is 10.6. The van der Waals surface area contributed by atoms with Gasteiger partial charge in [-0.2, -0.15) is 5.10 Å². The van der Waals surface area contributed by atoms with Crippen molar-refractivity contribution < 1.29 is 5.11 Å². The molecular formula is C17H17N3O. The first kappa shape index (κ1) is 14.8. The lowest BCUT2D eigenvalue weighted by Crippen LogP contribution is -2.17. The minimum atomic E-state index is -1.06. The molecule has 0 saturated carbocycles. The number of benzene rings is 1. The van der Waals surface area contributed by atoms with Gasteiger partial charge >= 0.3 is 0 Å². The van der Waals surface area contributed by atoms with Crippen molar-refractivity contribution in [3.63, 3.8) is 0 Å². The van der Waals surface area contributed by atoms with Gasteiger partial charge in [0.05, 0.1) is 5.56 Å². The highest BCUT2D eigenvalue weighted by molar-refractivity contribution is 5.59. The molecule has 0 radical (unpaired) electrons. The lowest BCUT2D eigenvalue weighted by atomic mass is 10.0. The molecule has 2 heterocycles. The first-order chi connectivity index (χ1) is 10.0. The molecule has 0 unspecified atom stereocenters. The van der Waals surface area contributed by atoms with Crippen molar-refractivity contribution in [2.45, 2.75) is 19.4 Å². The molecule has 0 bridgehead atoms. The number of aromatic nitrogens is 3. The van der Waals surface area contributed by atoms with Crippen LogP contribution >= 0.6 is 0 Å². The third-order valence-corrected chi connectivity index (χ3v) is 2.79. The zero-order chi connectivity index (χ0) is 15.3. The molecule has 106 valence electrons. The Bertz CT molecular complexity index is 722. The van der Waals surface area contributed by atoms with Gasteiger partial charge in [-0.25, -0.2) is 9.50 Å². The molecule has 4 nitrogen and oxygen atoms in total. The van der Waals surface area contributed by atoms with Crippen LogP contribution in [-0.2, 0) is 5.60 Å². The van der Waals surface area contributed by atoms with Gasteiger partial charge in [0.25, 0.3) is 0 Å².